The average Bonchev–Trinajstić information content (AvgIpc) is 2.48. The Bertz CT molecular complexity index is 573. The Labute approximate surface area is 129 Å². The fourth-order valence-electron chi connectivity index (χ4n) is 2.28. The lowest BCUT2D eigenvalue weighted by Crippen LogP contribution is -2.26. The molecular formula is C17H19ClFNO. The summed E-state index contributed by atoms with van der Waals surface area (Å²) in [5.41, 5.74) is 1.79. The van der Waals surface area contributed by atoms with Crippen LogP contribution in [-0.4, -0.2) is 11.7 Å². The zero-order valence-corrected chi connectivity index (χ0v) is 12.6. The van der Waals surface area contributed by atoms with Gasteiger partial charge in [-0.05, 0) is 41.8 Å². The highest BCUT2D eigenvalue weighted by Crippen LogP contribution is 2.21. The number of halogens is 2. The standard InChI is InChI=1S/C17H19ClFNO/c1-2-16(13-4-3-5-14(18)10-13)20-11-17(21)12-6-8-15(19)9-7-12/h3-10,16-17,20-21H,2,11H2,1H3. The van der Waals surface area contributed by atoms with E-state index >= 15 is 0 Å². The van der Waals surface area contributed by atoms with Crippen molar-refractivity contribution in [3.63, 3.8) is 0 Å². The Kier molecular flexibility index (Phi) is 5.74. The van der Waals surface area contributed by atoms with E-state index in [1.807, 2.05) is 24.3 Å². The molecule has 0 amide bonds. The highest BCUT2D eigenvalue weighted by atomic mass is 35.5. The van der Waals surface area contributed by atoms with Gasteiger partial charge in [0.2, 0.25) is 0 Å². The quantitative estimate of drug-likeness (QED) is 0.836. The van der Waals surface area contributed by atoms with Crippen LogP contribution in [0.1, 0.15) is 36.6 Å². The predicted molar refractivity (Wildman–Crippen MR) is 83.8 cm³/mol. The molecule has 2 aromatic carbocycles. The summed E-state index contributed by atoms with van der Waals surface area (Å²) >= 11 is 6.01. The first-order valence-corrected chi connectivity index (χ1v) is 7.40. The Morgan fingerprint density at radius 2 is 1.86 bits per heavy atom. The van der Waals surface area contributed by atoms with Gasteiger partial charge in [0.1, 0.15) is 5.82 Å². The lowest BCUT2D eigenvalue weighted by molar-refractivity contribution is 0.169. The molecular weight excluding hydrogens is 289 g/mol. The third-order valence-corrected chi connectivity index (χ3v) is 3.71. The molecule has 2 rings (SSSR count). The van der Waals surface area contributed by atoms with Gasteiger partial charge in [-0.25, -0.2) is 4.39 Å². The van der Waals surface area contributed by atoms with E-state index in [1.54, 1.807) is 12.1 Å². The van der Waals surface area contributed by atoms with E-state index in [-0.39, 0.29) is 11.9 Å². The number of aliphatic hydroxyl groups is 1. The van der Waals surface area contributed by atoms with Gasteiger partial charge < -0.3 is 10.4 Å². The Morgan fingerprint density at radius 3 is 2.48 bits per heavy atom. The van der Waals surface area contributed by atoms with Crippen LogP contribution in [-0.2, 0) is 0 Å². The molecule has 0 bridgehead atoms. The van der Waals surface area contributed by atoms with Crippen LogP contribution in [0.3, 0.4) is 0 Å². The number of hydrogen-bond donors (Lipinski definition) is 2. The van der Waals surface area contributed by atoms with E-state index in [0.717, 1.165) is 12.0 Å². The number of benzene rings is 2. The molecule has 0 saturated carbocycles. The van der Waals surface area contributed by atoms with Gasteiger partial charge in [0.15, 0.2) is 0 Å². The first-order chi connectivity index (χ1) is 10.1. The Morgan fingerprint density at radius 1 is 1.14 bits per heavy atom. The van der Waals surface area contributed by atoms with E-state index < -0.39 is 6.10 Å². The van der Waals surface area contributed by atoms with E-state index in [1.165, 1.54) is 12.1 Å². The van der Waals surface area contributed by atoms with Gasteiger partial charge in [-0.15, -0.1) is 0 Å². The minimum atomic E-state index is -0.668. The Balaban J connectivity index is 1.98. The van der Waals surface area contributed by atoms with E-state index in [4.69, 9.17) is 11.6 Å². The van der Waals surface area contributed by atoms with Crippen LogP contribution in [0, 0.1) is 5.82 Å². The molecule has 2 atom stereocenters. The zero-order chi connectivity index (χ0) is 15.2. The highest BCUT2D eigenvalue weighted by molar-refractivity contribution is 6.30. The van der Waals surface area contributed by atoms with Crippen LogP contribution in [0.5, 0.6) is 0 Å². The molecule has 21 heavy (non-hydrogen) atoms. The minimum absolute atomic E-state index is 0.124. The number of hydrogen-bond acceptors (Lipinski definition) is 2. The molecule has 0 fully saturated rings. The summed E-state index contributed by atoms with van der Waals surface area (Å²) in [6.07, 6.45) is 0.218. The highest BCUT2D eigenvalue weighted by Gasteiger charge is 2.13. The third kappa shape index (κ3) is 4.53. The zero-order valence-electron chi connectivity index (χ0n) is 11.9. The maximum atomic E-state index is 12.9. The molecule has 0 radical (unpaired) electrons. The van der Waals surface area contributed by atoms with Crippen molar-refractivity contribution in [2.24, 2.45) is 0 Å². The topological polar surface area (TPSA) is 32.3 Å². The molecule has 2 aromatic rings. The number of nitrogens with one attached hydrogen (secondary N) is 1. The molecule has 2 unspecified atom stereocenters. The second-order valence-electron chi connectivity index (χ2n) is 4.99. The molecule has 0 spiro atoms. The smallest absolute Gasteiger partial charge is 0.123 e. The maximum Gasteiger partial charge on any atom is 0.123 e. The molecule has 0 heterocycles. The van der Waals surface area contributed by atoms with Crippen LogP contribution in [0.2, 0.25) is 5.02 Å². The lowest BCUT2D eigenvalue weighted by Gasteiger charge is -2.20. The van der Waals surface area contributed by atoms with Gasteiger partial charge in [0.05, 0.1) is 6.10 Å². The summed E-state index contributed by atoms with van der Waals surface area (Å²) in [5.74, 6) is -0.302. The van der Waals surface area contributed by atoms with Crippen LogP contribution in [0.4, 0.5) is 4.39 Å². The molecule has 0 aromatic heterocycles. The first kappa shape index (κ1) is 16.0. The van der Waals surface area contributed by atoms with Crippen molar-refractivity contribution in [2.45, 2.75) is 25.5 Å². The van der Waals surface area contributed by atoms with E-state index in [0.29, 0.717) is 17.1 Å². The summed E-state index contributed by atoms with van der Waals surface area (Å²) < 4.78 is 12.9. The molecule has 0 aliphatic carbocycles. The molecule has 2 N–H and O–H groups in total. The van der Waals surface area contributed by atoms with Gasteiger partial charge in [-0.3, -0.25) is 0 Å². The van der Waals surface area contributed by atoms with Crippen LogP contribution in [0.15, 0.2) is 48.5 Å². The summed E-state index contributed by atoms with van der Waals surface area (Å²) in [6, 6.07) is 13.7. The largest absolute Gasteiger partial charge is 0.387 e. The van der Waals surface area contributed by atoms with Gasteiger partial charge in [-0.1, -0.05) is 42.8 Å². The van der Waals surface area contributed by atoms with Crippen molar-refractivity contribution in [1.29, 1.82) is 0 Å². The lowest BCUT2D eigenvalue weighted by atomic mass is 10.0. The summed E-state index contributed by atoms with van der Waals surface area (Å²) in [7, 11) is 0. The molecule has 112 valence electrons. The second-order valence-corrected chi connectivity index (χ2v) is 5.43. The molecule has 0 aliphatic rings. The summed E-state index contributed by atoms with van der Waals surface area (Å²) in [6.45, 7) is 2.47. The summed E-state index contributed by atoms with van der Waals surface area (Å²) in [5, 5.41) is 14.2. The SMILES string of the molecule is CCC(NCC(O)c1ccc(F)cc1)c1cccc(Cl)c1. The monoisotopic (exact) mass is 307 g/mol. The van der Waals surface area contributed by atoms with Gasteiger partial charge in [0, 0.05) is 17.6 Å². The van der Waals surface area contributed by atoms with Gasteiger partial charge in [-0.2, -0.15) is 0 Å². The van der Waals surface area contributed by atoms with Crippen molar-refractivity contribution >= 4 is 11.6 Å². The van der Waals surface area contributed by atoms with E-state index in [9.17, 15) is 9.50 Å². The number of rotatable bonds is 6. The Hall–Kier alpha value is -1.42. The van der Waals surface area contributed by atoms with Gasteiger partial charge >= 0.3 is 0 Å². The predicted octanol–water partition coefficient (Wildman–Crippen LogP) is 4.25. The van der Waals surface area contributed by atoms with Crippen molar-refractivity contribution in [2.75, 3.05) is 6.54 Å². The van der Waals surface area contributed by atoms with Crippen molar-refractivity contribution in [3.05, 3.63) is 70.5 Å². The van der Waals surface area contributed by atoms with Crippen molar-refractivity contribution < 1.29 is 9.50 Å². The van der Waals surface area contributed by atoms with Crippen molar-refractivity contribution in [3.8, 4) is 0 Å². The van der Waals surface area contributed by atoms with Gasteiger partial charge in [0.25, 0.3) is 0 Å². The molecule has 0 aliphatic heterocycles. The normalized spacial score (nSPS) is 13.9. The number of aliphatic hydroxyl groups excluding tert-OH is 1. The fourth-order valence-corrected chi connectivity index (χ4v) is 2.48. The average molecular weight is 308 g/mol. The van der Waals surface area contributed by atoms with E-state index in [2.05, 4.69) is 12.2 Å². The first-order valence-electron chi connectivity index (χ1n) is 7.02. The maximum absolute atomic E-state index is 12.9. The minimum Gasteiger partial charge on any atom is -0.387 e. The molecule has 0 saturated heterocycles. The van der Waals surface area contributed by atoms with Crippen molar-refractivity contribution in [1.82, 2.24) is 5.32 Å². The second kappa shape index (κ2) is 7.55. The van der Waals surface area contributed by atoms with Crippen LogP contribution in [0.25, 0.3) is 0 Å². The molecule has 2 nitrogen and oxygen atoms in total. The third-order valence-electron chi connectivity index (χ3n) is 3.47. The van der Waals surface area contributed by atoms with Crippen LogP contribution < -0.4 is 5.32 Å². The van der Waals surface area contributed by atoms with Crippen LogP contribution >= 0.6 is 11.6 Å². The molecule has 4 heteroatoms. The fraction of sp³-hybridized carbons (Fsp3) is 0.294. The summed E-state index contributed by atoms with van der Waals surface area (Å²) in [4.78, 5) is 0.